The Kier molecular flexibility index (Phi) is 7.02. The summed E-state index contributed by atoms with van der Waals surface area (Å²) in [6, 6.07) is 16.4. The molecule has 8 nitrogen and oxygen atoms in total. The molecule has 162 valence electrons. The molecule has 0 fully saturated rings. The van der Waals surface area contributed by atoms with Crippen LogP contribution in [-0.4, -0.2) is 27.8 Å². The van der Waals surface area contributed by atoms with E-state index in [0.29, 0.717) is 11.3 Å². The van der Waals surface area contributed by atoms with Gasteiger partial charge in [-0.1, -0.05) is 50.2 Å². The quantitative estimate of drug-likeness (QED) is 0.556. The van der Waals surface area contributed by atoms with Crippen LogP contribution in [0.15, 0.2) is 63.8 Å². The van der Waals surface area contributed by atoms with E-state index in [4.69, 9.17) is 9.15 Å². The smallest absolute Gasteiger partial charge is 0.437 e. The van der Waals surface area contributed by atoms with E-state index in [0.717, 1.165) is 16.7 Å². The number of benzene rings is 2. The SMILES string of the molecule is CC[C@@H](C)c1ccccc1NC(=O)[C@H](C)OC(=O)Cn1nc(-c2ccccc2)oc1=O. The highest BCUT2D eigenvalue weighted by Crippen LogP contribution is 2.26. The number of para-hydroxylation sites is 1. The van der Waals surface area contributed by atoms with Gasteiger partial charge in [0, 0.05) is 11.3 Å². The van der Waals surface area contributed by atoms with Gasteiger partial charge in [0.1, 0.15) is 6.54 Å². The summed E-state index contributed by atoms with van der Waals surface area (Å²) in [4.78, 5) is 36.8. The Morgan fingerprint density at radius 2 is 1.77 bits per heavy atom. The summed E-state index contributed by atoms with van der Waals surface area (Å²) in [5, 5.41) is 6.83. The van der Waals surface area contributed by atoms with Crippen molar-refractivity contribution in [2.75, 3.05) is 5.32 Å². The zero-order valence-corrected chi connectivity index (χ0v) is 17.7. The second-order valence-electron chi connectivity index (χ2n) is 7.21. The number of amides is 1. The van der Waals surface area contributed by atoms with Gasteiger partial charge in [-0.2, -0.15) is 4.68 Å². The normalized spacial score (nSPS) is 12.7. The maximum atomic E-state index is 12.5. The molecule has 0 aliphatic heterocycles. The van der Waals surface area contributed by atoms with Crippen LogP contribution in [0.1, 0.15) is 38.7 Å². The van der Waals surface area contributed by atoms with Gasteiger partial charge in [0.15, 0.2) is 6.10 Å². The van der Waals surface area contributed by atoms with Crippen LogP contribution in [0.2, 0.25) is 0 Å². The van der Waals surface area contributed by atoms with Crippen molar-refractivity contribution >= 4 is 17.6 Å². The van der Waals surface area contributed by atoms with Gasteiger partial charge < -0.3 is 14.5 Å². The molecule has 8 heteroatoms. The van der Waals surface area contributed by atoms with Crippen molar-refractivity contribution in [1.82, 2.24) is 9.78 Å². The molecular weight excluding hydrogens is 398 g/mol. The second-order valence-corrected chi connectivity index (χ2v) is 7.21. The molecule has 31 heavy (non-hydrogen) atoms. The molecular formula is C23H25N3O5. The van der Waals surface area contributed by atoms with Crippen LogP contribution in [0, 0.1) is 0 Å². The summed E-state index contributed by atoms with van der Waals surface area (Å²) in [5.74, 6) is -1.64. The van der Waals surface area contributed by atoms with Crippen molar-refractivity contribution in [1.29, 1.82) is 0 Å². The van der Waals surface area contributed by atoms with E-state index in [1.54, 1.807) is 24.3 Å². The molecule has 0 aliphatic rings. The van der Waals surface area contributed by atoms with Gasteiger partial charge in [0.05, 0.1) is 0 Å². The van der Waals surface area contributed by atoms with Crippen LogP contribution in [0.4, 0.5) is 5.69 Å². The summed E-state index contributed by atoms with van der Waals surface area (Å²) in [7, 11) is 0. The lowest BCUT2D eigenvalue weighted by Crippen LogP contribution is -2.32. The van der Waals surface area contributed by atoms with Crippen molar-refractivity contribution in [3.8, 4) is 11.5 Å². The summed E-state index contributed by atoms with van der Waals surface area (Å²) in [6.45, 7) is 5.16. The van der Waals surface area contributed by atoms with Crippen molar-refractivity contribution in [3.05, 3.63) is 70.7 Å². The van der Waals surface area contributed by atoms with Gasteiger partial charge in [-0.15, -0.1) is 5.10 Å². The fourth-order valence-electron chi connectivity index (χ4n) is 3.01. The van der Waals surface area contributed by atoms with Crippen molar-refractivity contribution in [2.24, 2.45) is 0 Å². The molecule has 0 unspecified atom stereocenters. The zero-order valence-electron chi connectivity index (χ0n) is 17.7. The maximum absolute atomic E-state index is 12.5. The fourth-order valence-corrected chi connectivity index (χ4v) is 3.01. The third kappa shape index (κ3) is 5.48. The third-order valence-electron chi connectivity index (χ3n) is 4.95. The second kappa shape index (κ2) is 9.88. The molecule has 1 heterocycles. The average Bonchev–Trinajstić information content (AvgIpc) is 3.14. The Morgan fingerprint density at radius 3 is 2.48 bits per heavy atom. The standard InChI is InChI=1S/C23H25N3O5/c1-4-15(2)18-12-8-9-13-19(18)24-21(28)16(3)30-20(27)14-26-23(29)31-22(25-26)17-10-6-5-7-11-17/h5-13,15-16H,4,14H2,1-3H3,(H,24,28)/t15-,16+/m1/s1. The lowest BCUT2D eigenvalue weighted by Gasteiger charge is -2.18. The lowest BCUT2D eigenvalue weighted by molar-refractivity contribution is -0.154. The predicted molar refractivity (Wildman–Crippen MR) is 116 cm³/mol. The van der Waals surface area contributed by atoms with Crippen molar-refractivity contribution in [2.45, 2.75) is 45.8 Å². The molecule has 0 saturated carbocycles. The van der Waals surface area contributed by atoms with E-state index >= 15 is 0 Å². The Bertz CT molecular complexity index is 1100. The molecule has 2 atom stereocenters. The topological polar surface area (TPSA) is 103 Å². The van der Waals surface area contributed by atoms with Crippen LogP contribution in [0.25, 0.3) is 11.5 Å². The number of ether oxygens (including phenoxy) is 1. The minimum Gasteiger partial charge on any atom is -0.451 e. The fraction of sp³-hybridized carbons (Fsp3) is 0.304. The number of anilines is 1. The summed E-state index contributed by atoms with van der Waals surface area (Å²) >= 11 is 0. The first-order valence-corrected chi connectivity index (χ1v) is 10.1. The number of carbonyl (C=O) groups is 2. The van der Waals surface area contributed by atoms with E-state index in [-0.39, 0.29) is 11.8 Å². The Morgan fingerprint density at radius 1 is 1.10 bits per heavy atom. The number of carbonyl (C=O) groups excluding carboxylic acids is 2. The van der Waals surface area contributed by atoms with Crippen molar-refractivity contribution < 1.29 is 18.7 Å². The third-order valence-corrected chi connectivity index (χ3v) is 4.95. The summed E-state index contributed by atoms with van der Waals surface area (Å²) in [5.41, 5.74) is 2.31. The molecule has 0 aliphatic carbocycles. The van der Waals surface area contributed by atoms with Gasteiger partial charge in [0.25, 0.3) is 5.91 Å². The Labute approximate surface area is 179 Å². The number of rotatable bonds is 8. The van der Waals surface area contributed by atoms with E-state index in [9.17, 15) is 14.4 Å². The maximum Gasteiger partial charge on any atom is 0.437 e. The number of aromatic nitrogens is 2. The number of hydrogen-bond donors (Lipinski definition) is 1. The van der Waals surface area contributed by atoms with Crippen LogP contribution in [0.5, 0.6) is 0 Å². The molecule has 0 spiro atoms. The zero-order chi connectivity index (χ0) is 22.4. The van der Waals surface area contributed by atoms with Crippen LogP contribution in [-0.2, 0) is 20.9 Å². The van der Waals surface area contributed by atoms with Gasteiger partial charge >= 0.3 is 11.7 Å². The monoisotopic (exact) mass is 423 g/mol. The molecule has 0 saturated heterocycles. The Hall–Kier alpha value is -3.68. The average molecular weight is 423 g/mol. The highest BCUT2D eigenvalue weighted by molar-refractivity contribution is 5.95. The predicted octanol–water partition coefficient (Wildman–Crippen LogP) is 3.59. The van der Waals surface area contributed by atoms with Crippen molar-refractivity contribution in [3.63, 3.8) is 0 Å². The molecule has 0 bridgehead atoms. The Balaban J connectivity index is 1.62. The first-order chi connectivity index (χ1) is 14.9. The molecule has 2 aromatic carbocycles. The first kappa shape index (κ1) is 22.0. The molecule has 1 N–H and O–H groups in total. The highest BCUT2D eigenvalue weighted by Gasteiger charge is 2.21. The lowest BCUT2D eigenvalue weighted by atomic mass is 9.97. The number of esters is 1. The van der Waals surface area contributed by atoms with Crippen LogP contribution >= 0.6 is 0 Å². The van der Waals surface area contributed by atoms with E-state index in [2.05, 4.69) is 24.3 Å². The highest BCUT2D eigenvalue weighted by atomic mass is 16.5. The number of hydrogen-bond acceptors (Lipinski definition) is 6. The minimum atomic E-state index is -1.05. The first-order valence-electron chi connectivity index (χ1n) is 10.1. The van der Waals surface area contributed by atoms with E-state index in [1.807, 2.05) is 30.3 Å². The molecule has 1 amide bonds. The molecule has 0 radical (unpaired) electrons. The van der Waals surface area contributed by atoms with E-state index < -0.39 is 30.3 Å². The minimum absolute atomic E-state index is 0.103. The van der Waals surface area contributed by atoms with Crippen LogP contribution < -0.4 is 11.1 Å². The van der Waals surface area contributed by atoms with Gasteiger partial charge in [-0.25, -0.2) is 4.79 Å². The number of nitrogens with zero attached hydrogens (tertiary/aromatic N) is 2. The largest absolute Gasteiger partial charge is 0.451 e. The number of nitrogens with one attached hydrogen (secondary N) is 1. The molecule has 3 rings (SSSR count). The van der Waals surface area contributed by atoms with Gasteiger partial charge in [-0.3, -0.25) is 9.59 Å². The molecule has 1 aromatic heterocycles. The van der Waals surface area contributed by atoms with Gasteiger partial charge in [-0.05, 0) is 43.0 Å². The van der Waals surface area contributed by atoms with Crippen LogP contribution in [0.3, 0.4) is 0 Å². The van der Waals surface area contributed by atoms with Gasteiger partial charge in [0.2, 0.25) is 5.89 Å². The summed E-state index contributed by atoms with van der Waals surface area (Å²) < 4.78 is 11.1. The molecule has 3 aromatic rings. The summed E-state index contributed by atoms with van der Waals surface area (Å²) in [6.07, 6.45) is -0.122. The van der Waals surface area contributed by atoms with E-state index in [1.165, 1.54) is 6.92 Å².